The van der Waals surface area contributed by atoms with Gasteiger partial charge in [0, 0.05) is 24.7 Å². The van der Waals surface area contributed by atoms with E-state index in [2.05, 4.69) is 15.7 Å². The lowest BCUT2D eigenvalue weighted by Gasteiger charge is -2.45. The van der Waals surface area contributed by atoms with Crippen LogP contribution in [0.2, 0.25) is 0 Å². The predicted molar refractivity (Wildman–Crippen MR) is 136 cm³/mol. The maximum Gasteiger partial charge on any atom is 0.404 e. The van der Waals surface area contributed by atoms with Gasteiger partial charge in [0.15, 0.2) is 0 Å². The number of nitrogens with zero attached hydrogens (tertiary/aromatic N) is 2. The number of rotatable bonds is 11. The molecule has 0 aromatic carbocycles. The molecule has 3 amide bonds. The number of nitrogens with one attached hydrogen (secondary N) is 2. The largest absolute Gasteiger partial charge is 0.477 e. The summed E-state index contributed by atoms with van der Waals surface area (Å²) >= 11 is 0. The van der Waals surface area contributed by atoms with Crippen molar-refractivity contribution in [2.75, 3.05) is 13.2 Å². The van der Waals surface area contributed by atoms with E-state index in [9.17, 15) is 14.4 Å². The molecule has 1 heterocycles. The monoisotopic (exact) mass is 503 g/mol. The van der Waals surface area contributed by atoms with E-state index in [1.54, 1.807) is 17.8 Å². The number of hydrogen-bond acceptors (Lipinski definition) is 6. The fourth-order valence-corrected chi connectivity index (χ4v) is 5.29. The average molecular weight is 504 g/mol. The molecule has 3 atom stereocenters. The zero-order valence-electron chi connectivity index (χ0n) is 21.9. The van der Waals surface area contributed by atoms with Crippen LogP contribution in [0.15, 0.2) is 12.3 Å². The van der Waals surface area contributed by atoms with Crippen molar-refractivity contribution in [3.8, 4) is 5.88 Å². The van der Waals surface area contributed by atoms with Crippen molar-refractivity contribution in [1.82, 2.24) is 20.4 Å². The minimum Gasteiger partial charge on any atom is -0.477 e. The average Bonchev–Trinajstić information content (AvgIpc) is 3.23. The van der Waals surface area contributed by atoms with Crippen molar-refractivity contribution < 1.29 is 23.9 Å². The molecule has 0 radical (unpaired) electrons. The van der Waals surface area contributed by atoms with Gasteiger partial charge < -0.3 is 25.8 Å². The van der Waals surface area contributed by atoms with Gasteiger partial charge in [-0.05, 0) is 62.4 Å². The summed E-state index contributed by atoms with van der Waals surface area (Å²) in [5.41, 5.74) is 5.54. The zero-order chi connectivity index (χ0) is 26.2. The quantitative estimate of drug-likeness (QED) is 0.424. The van der Waals surface area contributed by atoms with Gasteiger partial charge in [-0.2, -0.15) is 5.10 Å². The highest BCUT2D eigenvalue weighted by molar-refractivity contribution is 5.96. The number of amides is 3. The van der Waals surface area contributed by atoms with E-state index in [1.165, 1.54) is 6.20 Å². The Bertz CT molecular complexity index is 929. The molecule has 10 nitrogen and oxygen atoms in total. The summed E-state index contributed by atoms with van der Waals surface area (Å²) < 4.78 is 12.6. The molecular weight excluding hydrogens is 462 g/mol. The minimum absolute atomic E-state index is 0.0366. The molecule has 0 saturated heterocycles. The number of fused-ring (bicyclic) bond motifs is 2. The van der Waals surface area contributed by atoms with Crippen molar-refractivity contribution in [2.24, 2.45) is 29.4 Å². The summed E-state index contributed by atoms with van der Waals surface area (Å²) in [6.45, 7) is 8.54. The number of ether oxygens (including phenoxy) is 2. The Balaban J connectivity index is 1.72. The molecule has 36 heavy (non-hydrogen) atoms. The van der Waals surface area contributed by atoms with Gasteiger partial charge in [-0.1, -0.05) is 27.2 Å². The Labute approximate surface area is 213 Å². The Hall–Kier alpha value is -3.04. The number of carbonyl (C=O) groups is 3. The van der Waals surface area contributed by atoms with Crippen LogP contribution in [0.5, 0.6) is 5.88 Å². The third-order valence-electron chi connectivity index (χ3n) is 6.97. The number of nitrogens with two attached hydrogens (primary N) is 1. The molecule has 2 aliphatic carbocycles. The molecule has 2 aliphatic rings. The summed E-state index contributed by atoms with van der Waals surface area (Å²) in [5.74, 6) is 1.36. The Morgan fingerprint density at radius 2 is 1.92 bits per heavy atom. The molecule has 1 aromatic heterocycles. The zero-order valence-corrected chi connectivity index (χ0v) is 21.9. The van der Waals surface area contributed by atoms with Crippen LogP contribution in [0.25, 0.3) is 6.20 Å². The normalized spacial score (nSPS) is 24.4. The maximum atomic E-state index is 13.4. The van der Waals surface area contributed by atoms with Crippen molar-refractivity contribution in [3.05, 3.63) is 17.8 Å². The molecule has 2 bridgehead atoms. The third-order valence-corrected chi connectivity index (χ3v) is 6.97. The topological polar surface area (TPSA) is 138 Å². The van der Waals surface area contributed by atoms with E-state index in [0.29, 0.717) is 42.9 Å². The highest BCUT2D eigenvalue weighted by Crippen LogP contribution is 2.43. The van der Waals surface area contributed by atoms with Gasteiger partial charge in [0.25, 0.3) is 5.91 Å². The second-order valence-corrected chi connectivity index (χ2v) is 10.5. The second kappa shape index (κ2) is 12.8. The predicted octanol–water partition coefficient (Wildman–Crippen LogP) is 3.32. The smallest absolute Gasteiger partial charge is 0.404 e. The van der Waals surface area contributed by atoms with Crippen LogP contribution in [0.3, 0.4) is 0 Å². The minimum atomic E-state index is -0.738. The van der Waals surface area contributed by atoms with Crippen molar-refractivity contribution in [1.29, 1.82) is 0 Å². The fraction of sp³-hybridized carbons (Fsp3) is 0.692. The molecule has 1 aromatic rings. The standard InChI is InChI=1S/C26H41N5O5/c1-5-22(32)29-17(4)9-10-31-25(35-14-16(2)3)21(13-28-31)24(33)30-23-19-7-6-8-20(23)12-18(11-19)15-36-26(27)34/h9-10,13,16-20,23H,5-8,11-12,14-15H2,1-4H3,(H2,27,34)(H,29,32)(H,30,33)/b10-9+. The van der Waals surface area contributed by atoms with Crippen LogP contribution in [0.1, 0.15) is 76.6 Å². The maximum absolute atomic E-state index is 13.4. The van der Waals surface area contributed by atoms with E-state index in [4.69, 9.17) is 15.2 Å². The third kappa shape index (κ3) is 7.48. The molecule has 2 saturated carbocycles. The van der Waals surface area contributed by atoms with Gasteiger partial charge >= 0.3 is 6.09 Å². The van der Waals surface area contributed by atoms with Gasteiger partial charge in [-0.15, -0.1) is 0 Å². The molecule has 10 heteroatoms. The highest BCUT2D eigenvalue weighted by atomic mass is 16.5. The van der Waals surface area contributed by atoms with E-state index in [0.717, 1.165) is 32.1 Å². The number of aromatic nitrogens is 2. The van der Waals surface area contributed by atoms with E-state index >= 15 is 0 Å². The first-order chi connectivity index (χ1) is 17.2. The summed E-state index contributed by atoms with van der Waals surface area (Å²) in [7, 11) is 0. The number of hydrogen-bond donors (Lipinski definition) is 3. The van der Waals surface area contributed by atoms with Crippen molar-refractivity contribution in [3.63, 3.8) is 0 Å². The Morgan fingerprint density at radius 3 is 2.53 bits per heavy atom. The SMILES string of the molecule is CCC(=O)NC(C)/C=C/n1ncc(C(=O)NC2C3CCCC2CC(COC(N)=O)C3)c1OCC(C)C. The van der Waals surface area contributed by atoms with Crippen LogP contribution >= 0.6 is 0 Å². The van der Waals surface area contributed by atoms with E-state index in [-0.39, 0.29) is 35.7 Å². The molecule has 3 unspecified atom stereocenters. The molecule has 0 spiro atoms. The van der Waals surface area contributed by atoms with Gasteiger partial charge in [-0.3, -0.25) is 9.59 Å². The van der Waals surface area contributed by atoms with Crippen LogP contribution in [-0.4, -0.2) is 53.0 Å². The molecule has 4 N–H and O–H groups in total. The van der Waals surface area contributed by atoms with E-state index < -0.39 is 6.09 Å². The fourth-order valence-electron chi connectivity index (χ4n) is 5.29. The first kappa shape index (κ1) is 27.5. The molecule has 0 aliphatic heterocycles. The first-order valence-electron chi connectivity index (χ1n) is 13.1. The van der Waals surface area contributed by atoms with Gasteiger partial charge in [-0.25, -0.2) is 9.48 Å². The summed E-state index contributed by atoms with van der Waals surface area (Å²) in [6.07, 6.45) is 9.74. The van der Waals surface area contributed by atoms with Gasteiger partial charge in [0.1, 0.15) is 5.56 Å². The highest BCUT2D eigenvalue weighted by Gasteiger charge is 2.41. The lowest BCUT2D eigenvalue weighted by atomic mass is 9.65. The first-order valence-corrected chi connectivity index (χ1v) is 13.1. The van der Waals surface area contributed by atoms with Crippen molar-refractivity contribution >= 4 is 24.1 Å². The molecule has 200 valence electrons. The van der Waals surface area contributed by atoms with E-state index in [1.807, 2.05) is 26.8 Å². The van der Waals surface area contributed by atoms with Crippen LogP contribution in [0, 0.1) is 23.7 Å². The summed E-state index contributed by atoms with van der Waals surface area (Å²) in [6, 6.07) is -0.123. The lowest BCUT2D eigenvalue weighted by molar-refractivity contribution is -0.121. The molecule has 2 fully saturated rings. The van der Waals surface area contributed by atoms with Crippen LogP contribution in [-0.2, 0) is 9.53 Å². The van der Waals surface area contributed by atoms with Gasteiger partial charge in [0.05, 0.1) is 19.4 Å². The molecular formula is C26H41N5O5. The van der Waals surface area contributed by atoms with Crippen molar-refractivity contribution in [2.45, 2.75) is 78.3 Å². The lowest BCUT2D eigenvalue weighted by Crippen LogP contribution is -2.51. The second-order valence-electron chi connectivity index (χ2n) is 10.5. The summed E-state index contributed by atoms with van der Waals surface area (Å²) in [5, 5.41) is 10.5. The van der Waals surface area contributed by atoms with Gasteiger partial charge in [0.2, 0.25) is 11.8 Å². The van der Waals surface area contributed by atoms with Crippen LogP contribution < -0.4 is 21.1 Å². The Kier molecular flexibility index (Phi) is 9.78. The van der Waals surface area contributed by atoms with Crippen LogP contribution in [0.4, 0.5) is 4.79 Å². The Morgan fingerprint density at radius 1 is 1.22 bits per heavy atom. The molecule has 3 rings (SSSR count). The number of carbonyl (C=O) groups excluding carboxylic acids is 3. The number of primary amides is 1. The summed E-state index contributed by atoms with van der Waals surface area (Å²) in [4.78, 5) is 36.1.